The molecule has 0 aromatic heterocycles. The minimum atomic E-state index is -0.420. The first kappa shape index (κ1) is 16.4. The topological polar surface area (TPSA) is 29.5 Å². The standard InChI is InChI=1S/C15H26ClNO2/c1-12(10-16)7-8-13-6-5-9-17(11-13)14(18)19-15(2,3)4/h13H,1,5-11H2,2-4H3. The first-order chi connectivity index (χ1) is 8.81. The molecule has 19 heavy (non-hydrogen) atoms. The summed E-state index contributed by atoms with van der Waals surface area (Å²) in [5, 5.41) is 0. The Morgan fingerprint density at radius 1 is 1.47 bits per heavy atom. The minimum Gasteiger partial charge on any atom is -0.444 e. The third-order valence-electron chi connectivity index (χ3n) is 3.27. The van der Waals surface area contributed by atoms with Crippen molar-refractivity contribution in [1.82, 2.24) is 4.90 Å². The van der Waals surface area contributed by atoms with Gasteiger partial charge in [-0.1, -0.05) is 12.2 Å². The maximum absolute atomic E-state index is 12.0. The molecule has 1 saturated heterocycles. The summed E-state index contributed by atoms with van der Waals surface area (Å²) < 4.78 is 5.42. The van der Waals surface area contributed by atoms with Crippen molar-refractivity contribution in [2.45, 2.75) is 52.1 Å². The lowest BCUT2D eigenvalue weighted by atomic mass is 9.92. The Morgan fingerprint density at radius 2 is 2.16 bits per heavy atom. The molecule has 1 rings (SSSR count). The molecule has 110 valence electrons. The van der Waals surface area contributed by atoms with Gasteiger partial charge in [0.2, 0.25) is 0 Å². The molecule has 0 aromatic carbocycles. The molecule has 0 radical (unpaired) electrons. The number of carbonyl (C=O) groups excluding carboxylic acids is 1. The maximum Gasteiger partial charge on any atom is 0.410 e. The van der Waals surface area contributed by atoms with E-state index in [9.17, 15) is 4.79 Å². The Morgan fingerprint density at radius 3 is 2.74 bits per heavy atom. The third-order valence-corrected chi connectivity index (χ3v) is 3.64. The molecular weight excluding hydrogens is 262 g/mol. The van der Waals surface area contributed by atoms with Gasteiger partial charge in [-0.25, -0.2) is 4.79 Å². The summed E-state index contributed by atoms with van der Waals surface area (Å²) in [7, 11) is 0. The van der Waals surface area contributed by atoms with E-state index in [1.54, 1.807) is 0 Å². The third kappa shape index (κ3) is 6.33. The van der Waals surface area contributed by atoms with Crippen molar-refractivity contribution in [3.8, 4) is 0 Å². The van der Waals surface area contributed by atoms with Gasteiger partial charge in [0.25, 0.3) is 0 Å². The van der Waals surface area contributed by atoms with Gasteiger partial charge < -0.3 is 9.64 Å². The Hall–Kier alpha value is -0.700. The number of hydrogen-bond acceptors (Lipinski definition) is 2. The van der Waals surface area contributed by atoms with Gasteiger partial charge in [-0.15, -0.1) is 11.6 Å². The first-order valence-electron chi connectivity index (χ1n) is 7.02. The summed E-state index contributed by atoms with van der Waals surface area (Å²) in [4.78, 5) is 13.9. The molecule has 0 aromatic rings. The summed E-state index contributed by atoms with van der Waals surface area (Å²) in [5.41, 5.74) is 0.660. The van der Waals surface area contributed by atoms with Gasteiger partial charge in [-0.3, -0.25) is 0 Å². The van der Waals surface area contributed by atoms with Gasteiger partial charge in [-0.05, 0) is 52.4 Å². The zero-order valence-electron chi connectivity index (χ0n) is 12.4. The largest absolute Gasteiger partial charge is 0.444 e. The Labute approximate surface area is 121 Å². The van der Waals surface area contributed by atoms with E-state index in [1.807, 2.05) is 25.7 Å². The minimum absolute atomic E-state index is 0.187. The summed E-state index contributed by atoms with van der Waals surface area (Å²) in [6, 6.07) is 0. The monoisotopic (exact) mass is 287 g/mol. The lowest BCUT2D eigenvalue weighted by Gasteiger charge is -2.34. The highest BCUT2D eigenvalue weighted by molar-refractivity contribution is 6.19. The number of amides is 1. The summed E-state index contributed by atoms with van der Waals surface area (Å²) in [6.45, 7) is 11.2. The van der Waals surface area contributed by atoms with Crippen LogP contribution in [-0.2, 0) is 4.74 Å². The number of allylic oxidation sites excluding steroid dienone is 1. The highest BCUT2D eigenvalue weighted by Crippen LogP contribution is 2.24. The molecule has 0 N–H and O–H groups in total. The average Bonchev–Trinajstić information content (AvgIpc) is 2.34. The van der Waals surface area contributed by atoms with Gasteiger partial charge in [0, 0.05) is 19.0 Å². The van der Waals surface area contributed by atoms with Crippen molar-refractivity contribution in [2.75, 3.05) is 19.0 Å². The zero-order valence-corrected chi connectivity index (χ0v) is 13.1. The number of carbonyl (C=O) groups is 1. The van der Waals surface area contributed by atoms with E-state index >= 15 is 0 Å². The van der Waals surface area contributed by atoms with Crippen LogP contribution in [-0.4, -0.2) is 35.6 Å². The Balaban J connectivity index is 2.41. The second kappa shape index (κ2) is 7.18. The van der Waals surface area contributed by atoms with Crippen LogP contribution in [0.3, 0.4) is 0 Å². The molecule has 0 aliphatic carbocycles. The predicted octanol–water partition coefficient (Wildman–Crippen LogP) is 4.21. The Kier molecular flexibility index (Phi) is 6.18. The fourth-order valence-electron chi connectivity index (χ4n) is 2.27. The molecule has 1 heterocycles. The van der Waals surface area contributed by atoms with E-state index in [4.69, 9.17) is 16.3 Å². The predicted molar refractivity (Wildman–Crippen MR) is 79.6 cm³/mol. The molecule has 3 nitrogen and oxygen atoms in total. The molecule has 0 spiro atoms. The number of hydrogen-bond donors (Lipinski definition) is 0. The first-order valence-corrected chi connectivity index (χ1v) is 7.56. The molecule has 1 fully saturated rings. The molecule has 1 unspecified atom stereocenters. The number of nitrogens with zero attached hydrogens (tertiary/aromatic N) is 1. The molecule has 1 aliphatic heterocycles. The number of alkyl halides is 1. The van der Waals surface area contributed by atoms with E-state index in [2.05, 4.69) is 6.58 Å². The zero-order chi connectivity index (χ0) is 14.5. The van der Waals surface area contributed by atoms with Gasteiger partial charge in [0.1, 0.15) is 5.60 Å². The molecule has 1 aliphatic rings. The molecule has 1 atom stereocenters. The van der Waals surface area contributed by atoms with E-state index in [0.717, 1.165) is 37.9 Å². The smallest absolute Gasteiger partial charge is 0.410 e. The van der Waals surface area contributed by atoms with Crippen LogP contribution in [0.25, 0.3) is 0 Å². The molecule has 0 bridgehead atoms. The van der Waals surface area contributed by atoms with Crippen molar-refractivity contribution in [2.24, 2.45) is 5.92 Å². The second-order valence-electron chi connectivity index (χ2n) is 6.36. The van der Waals surface area contributed by atoms with Crippen LogP contribution in [0.2, 0.25) is 0 Å². The lowest BCUT2D eigenvalue weighted by molar-refractivity contribution is 0.0162. The summed E-state index contributed by atoms with van der Waals surface area (Å²) in [5.74, 6) is 1.07. The quantitative estimate of drug-likeness (QED) is 0.573. The number of rotatable bonds is 4. The highest BCUT2D eigenvalue weighted by Gasteiger charge is 2.27. The highest BCUT2D eigenvalue weighted by atomic mass is 35.5. The van der Waals surface area contributed by atoms with Crippen LogP contribution in [0.5, 0.6) is 0 Å². The van der Waals surface area contributed by atoms with Gasteiger partial charge in [-0.2, -0.15) is 0 Å². The number of piperidine rings is 1. The van der Waals surface area contributed by atoms with E-state index in [1.165, 1.54) is 6.42 Å². The van der Waals surface area contributed by atoms with Crippen molar-refractivity contribution in [1.29, 1.82) is 0 Å². The SMILES string of the molecule is C=C(CCl)CCC1CCCN(C(=O)OC(C)(C)C)C1. The Bertz CT molecular complexity index is 323. The van der Waals surface area contributed by atoms with Gasteiger partial charge in [0.15, 0.2) is 0 Å². The molecule has 0 saturated carbocycles. The second-order valence-corrected chi connectivity index (χ2v) is 6.62. The van der Waals surface area contributed by atoms with Crippen molar-refractivity contribution < 1.29 is 9.53 Å². The van der Waals surface area contributed by atoms with Crippen molar-refractivity contribution in [3.63, 3.8) is 0 Å². The molecule has 1 amide bonds. The lowest BCUT2D eigenvalue weighted by Crippen LogP contribution is -2.42. The van der Waals surface area contributed by atoms with Gasteiger partial charge in [0.05, 0.1) is 0 Å². The normalized spacial score (nSPS) is 20.2. The fourth-order valence-corrected chi connectivity index (χ4v) is 2.40. The van der Waals surface area contributed by atoms with Crippen LogP contribution in [0.15, 0.2) is 12.2 Å². The van der Waals surface area contributed by atoms with Crippen molar-refractivity contribution in [3.05, 3.63) is 12.2 Å². The van der Waals surface area contributed by atoms with Crippen LogP contribution < -0.4 is 0 Å². The average molecular weight is 288 g/mol. The number of halogens is 1. The van der Waals surface area contributed by atoms with Crippen LogP contribution in [0.1, 0.15) is 46.5 Å². The van der Waals surface area contributed by atoms with E-state index in [0.29, 0.717) is 11.8 Å². The number of ether oxygens (including phenoxy) is 1. The number of likely N-dealkylation sites (tertiary alicyclic amines) is 1. The molecule has 4 heteroatoms. The maximum atomic E-state index is 12.0. The van der Waals surface area contributed by atoms with E-state index < -0.39 is 5.60 Å². The van der Waals surface area contributed by atoms with Crippen LogP contribution in [0.4, 0.5) is 4.79 Å². The van der Waals surface area contributed by atoms with Crippen LogP contribution >= 0.6 is 11.6 Å². The summed E-state index contributed by atoms with van der Waals surface area (Å²) in [6.07, 6.45) is 4.06. The van der Waals surface area contributed by atoms with Gasteiger partial charge >= 0.3 is 6.09 Å². The van der Waals surface area contributed by atoms with Crippen LogP contribution in [0, 0.1) is 5.92 Å². The van der Waals surface area contributed by atoms with E-state index in [-0.39, 0.29) is 6.09 Å². The summed E-state index contributed by atoms with van der Waals surface area (Å²) >= 11 is 5.74. The van der Waals surface area contributed by atoms with Crippen molar-refractivity contribution >= 4 is 17.7 Å². The fraction of sp³-hybridized carbons (Fsp3) is 0.800. The molecular formula is C15H26ClNO2.